The van der Waals surface area contributed by atoms with Crippen molar-refractivity contribution < 1.29 is 0 Å². The van der Waals surface area contributed by atoms with Crippen LogP contribution in [-0.2, 0) is 0 Å². The first-order valence-electron chi connectivity index (χ1n) is 6.72. The number of nitrogens with zero attached hydrogens (tertiary/aromatic N) is 2. The molecule has 0 heterocycles. The Morgan fingerprint density at radius 3 is 2.67 bits per heavy atom. The molecule has 4 nitrogen and oxygen atoms in total. The normalized spacial score (nSPS) is 15.6. The van der Waals surface area contributed by atoms with Gasteiger partial charge in [0.05, 0.1) is 6.04 Å². The van der Waals surface area contributed by atoms with Gasteiger partial charge in [0.25, 0.3) is 0 Å². The predicted octanol–water partition coefficient (Wildman–Crippen LogP) is 2.27. The second-order valence-electron chi connectivity index (χ2n) is 4.67. The summed E-state index contributed by atoms with van der Waals surface area (Å²) in [6.45, 7) is 3.13. The molecular formula is C14H22N4. The van der Waals surface area contributed by atoms with Crippen LogP contribution in [0, 0.1) is 0 Å². The fourth-order valence-corrected chi connectivity index (χ4v) is 1.84. The van der Waals surface area contributed by atoms with Crippen molar-refractivity contribution in [2.75, 3.05) is 11.4 Å². The van der Waals surface area contributed by atoms with Crippen molar-refractivity contribution in [3.8, 4) is 0 Å². The van der Waals surface area contributed by atoms with Crippen molar-refractivity contribution in [3.63, 3.8) is 0 Å². The topological polar surface area (TPSA) is 53.6 Å². The van der Waals surface area contributed by atoms with E-state index >= 15 is 0 Å². The summed E-state index contributed by atoms with van der Waals surface area (Å²) in [6, 6.07) is 10.8. The highest BCUT2D eigenvalue weighted by atomic mass is 15.4. The van der Waals surface area contributed by atoms with E-state index in [1.54, 1.807) is 0 Å². The highest BCUT2D eigenvalue weighted by Crippen LogP contribution is 2.24. The third-order valence-electron chi connectivity index (χ3n) is 3.04. The predicted molar refractivity (Wildman–Crippen MR) is 76.5 cm³/mol. The van der Waals surface area contributed by atoms with Crippen LogP contribution >= 0.6 is 0 Å². The van der Waals surface area contributed by atoms with E-state index in [1.165, 1.54) is 12.8 Å². The van der Waals surface area contributed by atoms with Gasteiger partial charge in [0.2, 0.25) is 5.96 Å². The number of hydrogen-bond donors (Lipinski definition) is 2. The number of benzene rings is 1. The van der Waals surface area contributed by atoms with Crippen LogP contribution in [0.15, 0.2) is 35.3 Å². The molecule has 1 aliphatic carbocycles. The van der Waals surface area contributed by atoms with Crippen molar-refractivity contribution in [2.24, 2.45) is 10.8 Å². The number of unbranched alkanes of at least 4 members (excludes halogenated alkanes) is 1. The Hall–Kier alpha value is -1.55. The van der Waals surface area contributed by atoms with E-state index in [1.807, 2.05) is 18.2 Å². The largest absolute Gasteiger partial charge is 0.312 e. The average Bonchev–Trinajstić information content (AvgIpc) is 3.23. The summed E-state index contributed by atoms with van der Waals surface area (Å²) in [4.78, 5) is 6.81. The van der Waals surface area contributed by atoms with Crippen LogP contribution in [-0.4, -0.2) is 18.5 Å². The first-order valence-corrected chi connectivity index (χ1v) is 6.72. The molecule has 0 aromatic heterocycles. The third kappa shape index (κ3) is 3.47. The Bertz CT molecular complexity index is 384. The molecule has 0 amide bonds. The second-order valence-corrected chi connectivity index (χ2v) is 4.67. The highest BCUT2D eigenvalue weighted by molar-refractivity contribution is 5.95. The van der Waals surface area contributed by atoms with Crippen LogP contribution in [0.3, 0.4) is 0 Å². The van der Waals surface area contributed by atoms with Crippen LogP contribution < -0.4 is 16.2 Å². The number of hydrogen-bond acceptors (Lipinski definition) is 2. The molecular weight excluding hydrogens is 224 g/mol. The zero-order valence-electron chi connectivity index (χ0n) is 11.0. The monoisotopic (exact) mass is 246 g/mol. The van der Waals surface area contributed by atoms with Crippen LogP contribution in [0.1, 0.15) is 32.6 Å². The minimum absolute atomic E-state index is 0.462. The summed E-state index contributed by atoms with van der Waals surface area (Å²) in [5, 5.41) is 0. The quantitative estimate of drug-likeness (QED) is 0.363. The Kier molecular flexibility index (Phi) is 4.59. The molecule has 1 saturated carbocycles. The van der Waals surface area contributed by atoms with Crippen LogP contribution in [0.5, 0.6) is 0 Å². The molecule has 2 rings (SSSR count). The molecule has 0 bridgehead atoms. The van der Waals surface area contributed by atoms with Gasteiger partial charge in [0.15, 0.2) is 0 Å². The van der Waals surface area contributed by atoms with Gasteiger partial charge in [-0.05, 0) is 31.4 Å². The average molecular weight is 246 g/mol. The lowest BCUT2D eigenvalue weighted by Crippen LogP contribution is -2.45. The standard InChI is InChI=1S/C14H22N4/c1-2-3-11-18(13-7-5-4-6-8-13)14(17-15)16-12-9-10-12/h4-8,12H,2-3,9-11,15H2,1H3,(H,16,17). The summed E-state index contributed by atoms with van der Waals surface area (Å²) >= 11 is 0. The molecule has 0 aliphatic heterocycles. The van der Waals surface area contributed by atoms with Gasteiger partial charge < -0.3 is 4.90 Å². The van der Waals surface area contributed by atoms with Gasteiger partial charge in [-0.2, -0.15) is 0 Å². The Morgan fingerprint density at radius 1 is 1.39 bits per heavy atom. The lowest BCUT2D eigenvalue weighted by molar-refractivity contribution is 0.776. The molecule has 1 aliphatic rings. The fraction of sp³-hybridized carbons (Fsp3) is 0.500. The lowest BCUT2D eigenvalue weighted by Gasteiger charge is -2.25. The number of anilines is 1. The lowest BCUT2D eigenvalue weighted by atomic mass is 10.2. The SMILES string of the molecule is CCCCN(C(=NC1CC1)NN)c1ccccc1. The fourth-order valence-electron chi connectivity index (χ4n) is 1.84. The van der Waals surface area contributed by atoms with Crippen molar-refractivity contribution in [1.29, 1.82) is 0 Å². The van der Waals surface area contributed by atoms with Crippen LogP contribution in [0.25, 0.3) is 0 Å². The number of aliphatic imine (C=N–C) groups is 1. The van der Waals surface area contributed by atoms with Crippen LogP contribution in [0.4, 0.5) is 5.69 Å². The first-order chi connectivity index (χ1) is 8.85. The van der Waals surface area contributed by atoms with Gasteiger partial charge in [-0.15, -0.1) is 0 Å². The van der Waals surface area contributed by atoms with E-state index in [-0.39, 0.29) is 0 Å². The molecule has 1 aromatic carbocycles. The molecule has 18 heavy (non-hydrogen) atoms. The summed E-state index contributed by atoms with van der Waals surface area (Å²) in [7, 11) is 0. The van der Waals surface area contributed by atoms with E-state index in [9.17, 15) is 0 Å². The van der Waals surface area contributed by atoms with Crippen molar-refractivity contribution in [2.45, 2.75) is 38.6 Å². The van der Waals surface area contributed by atoms with Crippen molar-refractivity contribution in [1.82, 2.24) is 5.43 Å². The maximum Gasteiger partial charge on any atom is 0.213 e. The van der Waals surface area contributed by atoms with Crippen LogP contribution in [0.2, 0.25) is 0 Å². The molecule has 1 fully saturated rings. The zero-order valence-corrected chi connectivity index (χ0v) is 11.0. The van der Waals surface area contributed by atoms with E-state index in [0.29, 0.717) is 6.04 Å². The van der Waals surface area contributed by atoms with Gasteiger partial charge in [0, 0.05) is 12.2 Å². The molecule has 98 valence electrons. The summed E-state index contributed by atoms with van der Waals surface area (Å²) in [5.74, 6) is 6.43. The molecule has 0 radical (unpaired) electrons. The van der Waals surface area contributed by atoms with Gasteiger partial charge in [-0.1, -0.05) is 31.5 Å². The molecule has 0 atom stereocenters. The number of para-hydroxylation sites is 1. The second kappa shape index (κ2) is 6.40. The molecule has 4 heteroatoms. The van der Waals surface area contributed by atoms with Crippen molar-refractivity contribution in [3.05, 3.63) is 30.3 Å². The van der Waals surface area contributed by atoms with Gasteiger partial charge in [0.1, 0.15) is 0 Å². The summed E-state index contributed by atoms with van der Waals surface area (Å²) in [6.07, 6.45) is 4.65. The summed E-state index contributed by atoms with van der Waals surface area (Å²) < 4.78 is 0. The van der Waals surface area contributed by atoms with E-state index in [4.69, 9.17) is 5.84 Å². The Balaban J connectivity index is 2.17. The zero-order chi connectivity index (χ0) is 12.8. The summed E-state index contributed by atoms with van der Waals surface area (Å²) in [5.41, 5.74) is 3.90. The van der Waals surface area contributed by atoms with Gasteiger partial charge in [-0.25, -0.2) is 10.8 Å². The van der Waals surface area contributed by atoms with E-state index < -0.39 is 0 Å². The number of nitrogens with two attached hydrogens (primary N) is 1. The van der Waals surface area contributed by atoms with Gasteiger partial charge in [-0.3, -0.25) is 5.43 Å². The first kappa shape index (κ1) is 12.9. The maximum absolute atomic E-state index is 5.64. The smallest absolute Gasteiger partial charge is 0.213 e. The number of hydrazine groups is 1. The number of nitrogens with one attached hydrogen (secondary N) is 1. The number of guanidine groups is 1. The highest BCUT2D eigenvalue weighted by Gasteiger charge is 2.23. The minimum Gasteiger partial charge on any atom is -0.312 e. The minimum atomic E-state index is 0.462. The third-order valence-corrected chi connectivity index (χ3v) is 3.04. The Labute approximate surface area is 109 Å². The molecule has 0 unspecified atom stereocenters. The molecule has 0 spiro atoms. The molecule has 0 saturated heterocycles. The number of rotatable bonds is 5. The molecule has 3 N–H and O–H groups in total. The Morgan fingerprint density at radius 2 is 2.11 bits per heavy atom. The van der Waals surface area contributed by atoms with E-state index in [2.05, 4.69) is 34.4 Å². The van der Waals surface area contributed by atoms with Gasteiger partial charge >= 0.3 is 0 Å². The maximum atomic E-state index is 5.64. The van der Waals surface area contributed by atoms with Crippen molar-refractivity contribution >= 4 is 11.6 Å². The van der Waals surface area contributed by atoms with E-state index in [0.717, 1.165) is 31.0 Å². The molecule has 1 aromatic rings.